The van der Waals surface area contributed by atoms with Gasteiger partial charge in [0.2, 0.25) is 23.6 Å². The predicted octanol–water partition coefficient (Wildman–Crippen LogP) is 0.909. The van der Waals surface area contributed by atoms with Crippen LogP contribution in [0.3, 0.4) is 0 Å². The van der Waals surface area contributed by atoms with E-state index >= 15 is 0 Å². The van der Waals surface area contributed by atoms with E-state index in [-0.39, 0.29) is 30.2 Å². The fourth-order valence-corrected chi connectivity index (χ4v) is 9.00. The van der Waals surface area contributed by atoms with Gasteiger partial charge in [-0.3, -0.25) is 24.6 Å². The summed E-state index contributed by atoms with van der Waals surface area (Å²) in [4.78, 5) is 55.3. The number of aliphatic hydroxyl groups excluding tert-OH is 7. The summed E-state index contributed by atoms with van der Waals surface area (Å²) in [6.07, 6.45) is 8.26. The van der Waals surface area contributed by atoms with Crippen LogP contribution < -0.4 is 27.0 Å². The van der Waals surface area contributed by atoms with Crippen molar-refractivity contribution in [2.24, 2.45) is 11.7 Å². The Bertz CT molecular complexity index is 2270. The minimum atomic E-state index is -2.08. The third-order valence-electron chi connectivity index (χ3n) is 13.5. The summed E-state index contributed by atoms with van der Waals surface area (Å²) < 4.78 is 5.95. The number of aliphatic hydroxyl groups is 7. The van der Waals surface area contributed by atoms with Gasteiger partial charge in [0, 0.05) is 31.8 Å². The predicted molar refractivity (Wildman–Crippen MR) is 267 cm³/mol. The number of likely N-dealkylation sites (tertiary alicyclic amines) is 1. The van der Waals surface area contributed by atoms with Crippen LogP contribution in [0.5, 0.6) is 5.75 Å². The van der Waals surface area contributed by atoms with Crippen molar-refractivity contribution in [3.8, 4) is 5.75 Å². The van der Waals surface area contributed by atoms with Crippen LogP contribution in [0.2, 0.25) is 0 Å². The number of phenolic OH excluding ortho intramolecular Hbond substituents is 1. The van der Waals surface area contributed by atoms with Gasteiger partial charge in [-0.1, -0.05) is 69.2 Å². The molecule has 15 N–H and O–H groups in total. The smallest absolute Gasteiger partial charge is 0.248 e. The van der Waals surface area contributed by atoms with Crippen LogP contribution >= 0.6 is 0 Å². The summed E-state index contributed by atoms with van der Waals surface area (Å²) >= 11 is 0. The van der Waals surface area contributed by atoms with E-state index in [0.29, 0.717) is 18.4 Å². The molecular formula is C52H75N7O13. The van der Waals surface area contributed by atoms with E-state index in [1.54, 1.807) is 6.08 Å². The number of rotatable bonds is 24. The minimum Gasteiger partial charge on any atom is -0.508 e. The summed E-state index contributed by atoms with van der Waals surface area (Å²) in [6, 6.07) is -1.58. The van der Waals surface area contributed by atoms with E-state index in [2.05, 4.69) is 52.5 Å². The molecule has 396 valence electrons. The number of ether oxygens (including phenoxy) is 1. The molecule has 0 bridgehead atoms. The van der Waals surface area contributed by atoms with Gasteiger partial charge in [0.15, 0.2) is 6.23 Å². The first-order chi connectivity index (χ1) is 34.2. The topological polar surface area (TPSA) is 341 Å². The second kappa shape index (κ2) is 26.8. The van der Waals surface area contributed by atoms with Crippen LogP contribution in [0.1, 0.15) is 104 Å². The highest BCUT2D eigenvalue weighted by Gasteiger charge is 2.48. The quantitative estimate of drug-likeness (QED) is 0.0296. The van der Waals surface area contributed by atoms with Crippen molar-refractivity contribution < 1.29 is 64.8 Å². The standard InChI is InChI=1S/C52H75N7O13/c1-5-6-7-24-72-38-22-18-34(19-23-38)32-10-8-31(9-11-32)33-12-14-36(15-13-33)47(54)56-39(48(67)55-26-29(3)60)25-40(63)49(68)58-51(70)43-44(64)28(2)27-59(43)52(71)42(30(4)61)57-50(69)41(53)46(66)45(65)35-16-20-37(62)21-17-35/h8,10,12,14,16-18,20-22,28-30,39-46,49,60-66,68H,5-7,9,11,13,15,19,23-27,53H2,1-4H3,(H2,54,56)(H,55,67)(H,57,69)(H,58,70)/t28-,29+,30+,39-,40+,41-,42-,43-,44-,45-,46-,49+/m0/s1. The minimum absolute atomic E-state index is 0.111. The van der Waals surface area contributed by atoms with Gasteiger partial charge in [0.05, 0.1) is 30.7 Å². The zero-order valence-electron chi connectivity index (χ0n) is 41.5. The maximum Gasteiger partial charge on any atom is 0.248 e. The average molecular weight is 1010 g/mol. The summed E-state index contributed by atoms with van der Waals surface area (Å²) in [5.74, 6) is -3.97. The number of aromatic hydroxyl groups is 1. The molecule has 1 fully saturated rings. The number of hydrogen-bond acceptors (Lipinski definition) is 15. The molecule has 4 aliphatic rings. The molecule has 0 unspecified atom stereocenters. The van der Waals surface area contributed by atoms with Crippen LogP contribution in [0.15, 0.2) is 94.3 Å². The zero-order chi connectivity index (χ0) is 52.8. The molecule has 12 atom stereocenters. The fraction of sp³-hybridized carbons (Fsp3) is 0.558. The maximum atomic E-state index is 14.0. The lowest BCUT2D eigenvalue weighted by Gasteiger charge is -2.32. The van der Waals surface area contributed by atoms with E-state index in [0.717, 1.165) is 67.8 Å². The Balaban J connectivity index is 1.21. The number of amidine groups is 1. The molecule has 4 amide bonds. The van der Waals surface area contributed by atoms with Crippen molar-refractivity contribution >= 4 is 29.5 Å². The number of carbonyl (C=O) groups excluding carboxylic acids is 4. The number of benzene rings is 1. The third-order valence-corrected chi connectivity index (χ3v) is 13.5. The molecule has 20 heteroatoms. The average Bonchev–Trinajstić information content (AvgIpc) is 3.67. The second-order valence-electron chi connectivity index (χ2n) is 19.3. The van der Waals surface area contributed by atoms with Crippen LogP contribution in [-0.4, -0.2) is 156 Å². The lowest BCUT2D eigenvalue weighted by molar-refractivity contribution is -0.147. The Kier molecular flexibility index (Phi) is 21.3. The Morgan fingerprint density at radius 1 is 0.806 bits per heavy atom. The van der Waals surface area contributed by atoms with Gasteiger partial charge in [-0.05, 0) is 104 Å². The molecule has 0 saturated carbocycles. The molecule has 0 aromatic heterocycles. The summed E-state index contributed by atoms with van der Waals surface area (Å²) in [7, 11) is 0. The van der Waals surface area contributed by atoms with Gasteiger partial charge in [0.25, 0.3) is 0 Å². The summed E-state index contributed by atoms with van der Waals surface area (Å²) in [5.41, 5.74) is 11.6. The maximum absolute atomic E-state index is 14.0. The van der Waals surface area contributed by atoms with E-state index in [9.17, 15) is 60.0 Å². The highest BCUT2D eigenvalue weighted by molar-refractivity contribution is 5.99. The van der Waals surface area contributed by atoms with E-state index in [1.807, 2.05) is 6.08 Å². The second-order valence-corrected chi connectivity index (χ2v) is 19.3. The van der Waals surface area contributed by atoms with Crippen molar-refractivity contribution in [2.75, 3.05) is 19.7 Å². The highest BCUT2D eigenvalue weighted by Crippen LogP contribution is 2.35. The first kappa shape index (κ1) is 57.2. The number of nitrogens with one attached hydrogen (secondary N) is 5. The molecular weight excluding hydrogens is 931 g/mol. The van der Waals surface area contributed by atoms with Gasteiger partial charge < -0.3 is 77.5 Å². The van der Waals surface area contributed by atoms with E-state index < -0.39 is 103 Å². The first-order valence-corrected chi connectivity index (χ1v) is 24.9. The lowest BCUT2D eigenvalue weighted by atomic mass is 9.84. The molecule has 72 heavy (non-hydrogen) atoms. The van der Waals surface area contributed by atoms with Gasteiger partial charge in [0.1, 0.15) is 54.1 Å². The van der Waals surface area contributed by atoms with Crippen molar-refractivity contribution in [1.29, 1.82) is 5.41 Å². The summed E-state index contributed by atoms with van der Waals surface area (Å²) in [5, 5.41) is 103. The Morgan fingerprint density at radius 2 is 1.40 bits per heavy atom. The molecule has 20 nitrogen and oxygen atoms in total. The number of nitrogens with zero attached hydrogens (tertiary/aromatic N) is 1. The number of allylic oxidation sites excluding steroid dienone is 11. The Hall–Kier alpha value is -5.71. The SMILES string of the molecule is CCCCCOC1=CC=C(C2=CC=C(C3=CC=C(C(=N)N[C@@H](C[C@@H](O)[C@@H](O)NC(=O)[C@@H]4[C@@H](O)[C@@H](C)CN4C(=O)[C@@H](NC(=O)[C@@H](N)[C@H](O)[C@@H](O)c4ccc(O)cc4)[C@@H](C)O)C(=O)NC[C@@H](C)O)CC3)CC2)CC1. The number of amides is 4. The van der Waals surface area contributed by atoms with Crippen LogP contribution in [-0.2, 0) is 23.9 Å². The van der Waals surface area contributed by atoms with Gasteiger partial charge in [-0.15, -0.1) is 0 Å². The van der Waals surface area contributed by atoms with Crippen molar-refractivity contribution in [3.05, 3.63) is 99.9 Å². The summed E-state index contributed by atoms with van der Waals surface area (Å²) in [6.45, 7) is 6.66. The number of nitrogens with two attached hydrogens (primary N) is 1. The fourth-order valence-electron chi connectivity index (χ4n) is 9.00. The highest BCUT2D eigenvalue weighted by atomic mass is 16.5. The Morgan fingerprint density at radius 3 is 1.94 bits per heavy atom. The molecule has 1 heterocycles. The monoisotopic (exact) mass is 1010 g/mol. The molecule has 1 aromatic carbocycles. The van der Waals surface area contributed by atoms with Gasteiger partial charge in [-0.2, -0.15) is 0 Å². The molecule has 0 spiro atoms. The molecule has 1 saturated heterocycles. The van der Waals surface area contributed by atoms with Crippen molar-refractivity contribution in [2.45, 2.75) is 159 Å². The van der Waals surface area contributed by atoms with Crippen LogP contribution in [0.25, 0.3) is 0 Å². The third kappa shape index (κ3) is 15.4. The molecule has 1 aromatic rings. The molecule has 1 aliphatic heterocycles. The number of phenols is 1. The van der Waals surface area contributed by atoms with Gasteiger partial charge in [-0.25, -0.2) is 0 Å². The zero-order valence-corrected chi connectivity index (χ0v) is 41.5. The number of hydrogen-bond donors (Lipinski definition) is 14. The number of unbranched alkanes of at least 4 members (excludes halogenated alkanes) is 2. The van der Waals surface area contributed by atoms with Crippen molar-refractivity contribution in [1.82, 2.24) is 26.2 Å². The normalized spacial score (nSPS) is 22.8. The largest absolute Gasteiger partial charge is 0.508 e. The van der Waals surface area contributed by atoms with Crippen molar-refractivity contribution in [3.63, 3.8) is 0 Å². The van der Waals surface area contributed by atoms with Crippen LogP contribution in [0, 0.1) is 11.3 Å². The Labute approximate surface area is 420 Å². The van der Waals surface area contributed by atoms with E-state index in [4.69, 9.17) is 15.9 Å². The molecule has 0 radical (unpaired) electrons. The lowest BCUT2D eigenvalue weighted by Crippen LogP contribution is -2.62. The van der Waals surface area contributed by atoms with E-state index in [1.165, 1.54) is 61.8 Å². The number of carbonyl (C=O) groups is 4. The first-order valence-electron chi connectivity index (χ1n) is 24.9. The van der Waals surface area contributed by atoms with Crippen LogP contribution in [0.4, 0.5) is 0 Å². The molecule has 3 aliphatic carbocycles. The van der Waals surface area contributed by atoms with Gasteiger partial charge >= 0.3 is 0 Å². The molecule has 5 rings (SSSR count).